The van der Waals surface area contributed by atoms with Gasteiger partial charge < -0.3 is 5.32 Å². The van der Waals surface area contributed by atoms with Crippen molar-refractivity contribution in [3.63, 3.8) is 0 Å². The highest BCUT2D eigenvalue weighted by Crippen LogP contribution is 2.25. The van der Waals surface area contributed by atoms with Gasteiger partial charge in [-0.3, -0.25) is 0 Å². The van der Waals surface area contributed by atoms with E-state index < -0.39 is 0 Å². The van der Waals surface area contributed by atoms with Crippen LogP contribution in [0.3, 0.4) is 0 Å². The predicted molar refractivity (Wildman–Crippen MR) is 85.5 cm³/mol. The lowest BCUT2D eigenvalue weighted by Crippen LogP contribution is -2.27. The molecular weight excluding hydrogens is 238 g/mol. The zero-order chi connectivity index (χ0) is 13.8. The van der Waals surface area contributed by atoms with E-state index in [9.17, 15) is 0 Å². The first-order chi connectivity index (χ1) is 8.22. The molecule has 0 spiro atoms. The van der Waals surface area contributed by atoms with Gasteiger partial charge in [0.25, 0.3) is 0 Å². The molecule has 0 aliphatic heterocycles. The van der Waals surface area contributed by atoms with Gasteiger partial charge in [-0.05, 0) is 42.9 Å². The lowest BCUT2D eigenvalue weighted by Gasteiger charge is -2.26. The molecule has 0 aliphatic rings. The summed E-state index contributed by atoms with van der Waals surface area (Å²) in [6, 6.07) is 8.74. The molecule has 18 heavy (non-hydrogen) atoms. The van der Waals surface area contributed by atoms with Crippen molar-refractivity contribution in [3.8, 4) is 0 Å². The molecule has 0 amide bonds. The van der Waals surface area contributed by atoms with Crippen LogP contribution in [0, 0.1) is 5.41 Å². The van der Waals surface area contributed by atoms with Gasteiger partial charge in [0.1, 0.15) is 0 Å². The fourth-order valence-electron chi connectivity index (χ4n) is 2.18. The van der Waals surface area contributed by atoms with Gasteiger partial charge >= 0.3 is 0 Å². The van der Waals surface area contributed by atoms with Gasteiger partial charge in [-0.1, -0.05) is 46.2 Å². The maximum Gasteiger partial charge on any atom is 0.0776 e. The van der Waals surface area contributed by atoms with Crippen molar-refractivity contribution < 1.29 is 0 Å². The van der Waals surface area contributed by atoms with E-state index in [-0.39, 0.29) is 4.87 Å². The highest BCUT2D eigenvalue weighted by atomic mass is 32.1. The van der Waals surface area contributed by atoms with Crippen LogP contribution in [-0.2, 0) is 6.42 Å². The Kier molecular flexibility index (Phi) is 5.15. The standard InChI is InChI=1S/C16H27NS/c1-6-11-16(5,18)17-14-9-7-13(8-10-14)12-15(2,3)4/h7-10,17-18H,6,11-12H2,1-5H3. The van der Waals surface area contributed by atoms with E-state index in [2.05, 4.69) is 76.8 Å². The Labute approximate surface area is 118 Å². The fourth-order valence-corrected chi connectivity index (χ4v) is 2.53. The van der Waals surface area contributed by atoms with E-state index in [1.807, 2.05) is 0 Å². The van der Waals surface area contributed by atoms with Crippen LogP contribution < -0.4 is 5.32 Å². The largest absolute Gasteiger partial charge is 0.371 e. The van der Waals surface area contributed by atoms with Crippen molar-refractivity contribution in [2.45, 2.75) is 58.8 Å². The number of hydrogen-bond donors (Lipinski definition) is 2. The van der Waals surface area contributed by atoms with Gasteiger partial charge in [0.2, 0.25) is 0 Å². The van der Waals surface area contributed by atoms with Crippen LogP contribution in [0.1, 0.15) is 53.0 Å². The Morgan fingerprint density at radius 3 is 2.06 bits per heavy atom. The van der Waals surface area contributed by atoms with E-state index in [0.717, 1.165) is 24.9 Å². The maximum absolute atomic E-state index is 4.66. The zero-order valence-electron chi connectivity index (χ0n) is 12.4. The van der Waals surface area contributed by atoms with Crippen LogP contribution in [0.25, 0.3) is 0 Å². The van der Waals surface area contributed by atoms with Crippen LogP contribution in [-0.4, -0.2) is 4.87 Å². The molecular formula is C16H27NS. The summed E-state index contributed by atoms with van der Waals surface area (Å²) in [5.74, 6) is 0. The summed E-state index contributed by atoms with van der Waals surface area (Å²) in [7, 11) is 0. The van der Waals surface area contributed by atoms with Gasteiger partial charge in [-0.25, -0.2) is 0 Å². The summed E-state index contributed by atoms with van der Waals surface area (Å²) in [5.41, 5.74) is 2.89. The Bertz CT molecular complexity index is 360. The van der Waals surface area contributed by atoms with E-state index in [1.165, 1.54) is 5.56 Å². The first-order valence-electron chi connectivity index (χ1n) is 6.81. The first-order valence-corrected chi connectivity index (χ1v) is 7.26. The van der Waals surface area contributed by atoms with Crippen LogP contribution >= 0.6 is 12.6 Å². The second-order valence-corrected chi connectivity index (χ2v) is 7.57. The van der Waals surface area contributed by atoms with E-state index >= 15 is 0 Å². The Morgan fingerprint density at radius 2 is 1.61 bits per heavy atom. The van der Waals surface area contributed by atoms with Gasteiger partial charge in [-0.2, -0.15) is 12.6 Å². The third kappa shape index (κ3) is 5.81. The maximum atomic E-state index is 4.66. The Hall–Kier alpha value is -0.630. The fraction of sp³-hybridized carbons (Fsp3) is 0.625. The number of benzene rings is 1. The number of anilines is 1. The molecule has 1 atom stereocenters. The second kappa shape index (κ2) is 6.01. The molecule has 0 radical (unpaired) electrons. The van der Waals surface area contributed by atoms with E-state index in [4.69, 9.17) is 0 Å². The number of hydrogen-bond acceptors (Lipinski definition) is 2. The molecule has 1 nitrogen and oxygen atoms in total. The lowest BCUT2D eigenvalue weighted by atomic mass is 9.88. The summed E-state index contributed by atoms with van der Waals surface area (Å²) in [6.45, 7) is 11.1. The average Bonchev–Trinajstić information content (AvgIpc) is 2.18. The topological polar surface area (TPSA) is 12.0 Å². The van der Waals surface area contributed by atoms with Gasteiger partial charge in [0.15, 0.2) is 0 Å². The highest BCUT2D eigenvalue weighted by molar-refractivity contribution is 7.81. The monoisotopic (exact) mass is 265 g/mol. The van der Waals surface area contributed by atoms with E-state index in [0.29, 0.717) is 5.41 Å². The smallest absolute Gasteiger partial charge is 0.0776 e. The first kappa shape index (κ1) is 15.4. The van der Waals surface area contributed by atoms with Gasteiger partial charge in [-0.15, -0.1) is 0 Å². The summed E-state index contributed by atoms with van der Waals surface area (Å²) in [6.07, 6.45) is 3.30. The molecule has 0 aliphatic carbocycles. The molecule has 1 N–H and O–H groups in total. The molecule has 1 unspecified atom stereocenters. The quantitative estimate of drug-likeness (QED) is 0.555. The molecule has 1 rings (SSSR count). The minimum Gasteiger partial charge on any atom is -0.371 e. The predicted octanol–water partition coefficient (Wildman–Crippen LogP) is 5.13. The zero-order valence-corrected chi connectivity index (χ0v) is 13.3. The Balaban J connectivity index is 2.66. The van der Waals surface area contributed by atoms with Crippen molar-refractivity contribution in [2.24, 2.45) is 5.41 Å². The summed E-state index contributed by atoms with van der Waals surface area (Å²) < 4.78 is 0. The number of thiol groups is 1. The molecule has 0 aromatic heterocycles. The Morgan fingerprint density at radius 1 is 1.06 bits per heavy atom. The molecule has 0 saturated heterocycles. The SMILES string of the molecule is CCCC(C)(S)Nc1ccc(CC(C)(C)C)cc1. The van der Waals surface area contributed by atoms with Crippen molar-refractivity contribution in [1.82, 2.24) is 0 Å². The van der Waals surface area contributed by atoms with Crippen molar-refractivity contribution in [3.05, 3.63) is 29.8 Å². The van der Waals surface area contributed by atoms with Crippen molar-refractivity contribution in [2.75, 3.05) is 5.32 Å². The molecule has 0 heterocycles. The van der Waals surface area contributed by atoms with Crippen LogP contribution in [0.5, 0.6) is 0 Å². The van der Waals surface area contributed by atoms with Crippen molar-refractivity contribution in [1.29, 1.82) is 0 Å². The minimum absolute atomic E-state index is 0.125. The molecule has 2 heteroatoms. The number of rotatable bonds is 5. The normalized spacial score (nSPS) is 15.2. The number of nitrogens with one attached hydrogen (secondary N) is 1. The van der Waals surface area contributed by atoms with Crippen LogP contribution in [0.2, 0.25) is 0 Å². The molecule has 0 saturated carbocycles. The molecule has 0 fully saturated rings. The second-order valence-electron chi connectivity index (χ2n) is 6.58. The van der Waals surface area contributed by atoms with Crippen LogP contribution in [0.15, 0.2) is 24.3 Å². The van der Waals surface area contributed by atoms with Gasteiger partial charge in [0.05, 0.1) is 4.87 Å². The van der Waals surface area contributed by atoms with Crippen LogP contribution in [0.4, 0.5) is 5.69 Å². The summed E-state index contributed by atoms with van der Waals surface area (Å²) in [5, 5.41) is 3.47. The van der Waals surface area contributed by atoms with E-state index in [1.54, 1.807) is 0 Å². The molecule has 1 aromatic carbocycles. The minimum atomic E-state index is -0.125. The molecule has 1 aromatic rings. The van der Waals surface area contributed by atoms with Crippen molar-refractivity contribution >= 4 is 18.3 Å². The summed E-state index contributed by atoms with van der Waals surface area (Å²) in [4.78, 5) is -0.125. The lowest BCUT2D eigenvalue weighted by molar-refractivity contribution is 0.411. The van der Waals surface area contributed by atoms with Gasteiger partial charge in [0, 0.05) is 5.69 Å². The third-order valence-corrected chi connectivity index (χ3v) is 3.17. The molecule has 102 valence electrons. The highest BCUT2D eigenvalue weighted by Gasteiger charge is 2.17. The molecule has 0 bridgehead atoms. The third-order valence-electron chi connectivity index (χ3n) is 2.84. The summed E-state index contributed by atoms with van der Waals surface area (Å²) >= 11 is 4.66. The average molecular weight is 265 g/mol.